The maximum absolute atomic E-state index is 10.8. The van der Waals surface area contributed by atoms with Crippen molar-refractivity contribution in [3.63, 3.8) is 0 Å². The average Bonchev–Trinajstić information content (AvgIpc) is 2.16. The third kappa shape index (κ3) is 2.25. The topological polar surface area (TPSA) is 66.8 Å². The number of carboxylic acid groups (broad SMARTS) is 1. The molecule has 1 rings (SSSR count). The van der Waals surface area contributed by atoms with Gasteiger partial charge in [0.1, 0.15) is 0 Å². The number of aliphatic hydroxyl groups is 1. The molecule has 0 spiro atoms. The van der Waals surface area contributed by atoms with Crippen molar-refractivity contribution < 1.29 is 19.7 Å². The Morgan fingerprint density at radius 3 is 2.79 bits per heavy atom. The summed E-state index contributed by atoms with van der Waals surface area (Å²) in [6, 6.07) is 0. The molecule has 0 amide bonds. The predicted molar refractivity (Wildman–Crippen MR) is 51.0 cm³/mol. The van der Waals surface area contributed by atoms with Gasteiger partial charge in [-0.05, 0) is 26.2 Å². The highest BCUT2D eigenvalue weighted by Gasteiger charge is 2.42. The quantitative estimate of drug-likeness (QED) is 0.717. The van der Waals surface area contributed by atoms with Crippen molar-refractivity contribution in [2.75, 3.05) is 7.11 Å². The second-order valence-electron chi connectivity index (χ2n) is 4.12. The van der Waals surface area contributed by atoms with Crippen LogP contribution in [0.2, 0.25) is 0 Å². The fourth-order valence-electron chi connectivity index (χ4n) is 2.06. The summed E-state index contributed by atoms with van der Waals surface area (Å²) in [5.41, 5.74) is -1.09. The maximum atomic E-state index is 10.8. The molecule has 1 aliphatic rings. The summed E-state index contributed by atoms with van der Waals surface area (Å²) < 4.78 is 5.16. The van der Waals surface area contributed by atoms with Crippen LogP contribution in [0.15, 0.2) is 0 Å². The highest BCUT2D eigenvalue weighted by atomic mass is 16.5. The van der Waals surface area contributed by atoms with Crippen LogP contribution in [-0.2, 0) is 9.53 Å². The highest BCUT2D eigenvalue weighted by molar-refractivity contribution is 5.71. The average molecular weight is 202 g/mol. The maximum Gasteiger partial charge on any atom is 0.309 e. The Morgan fingerprint density at radius 1 is 1.64 bits per heavy atom. The third-order valence-electron chi connectivity index (χ3n) is 3.23. The van der Waals surface area contributed by atoms with Gasteiger partial charge in [0.25, 0.3) is 0 Å². The van der Waals surface area contributed by atoms with Crippen molar-refractivity contribution >= 4 is 5.97 Å². The van der Waals surface area contributed by atoms with Crippen LogP contribution in [0.1, 0.15) is 32.6 Å². The number of aliphatic carboxylic acids is 1. The van der Waals surface area contributed by atoms with Gasteiger partial charge in [-0.25, -0.2) is 0 Å². The van der Waals surface area contributed by atoms with Crippen LogP contribution in [0, 0.1) is 5.92 Å². The number of rotatable bonds is 3. The van der Waals surface area contributed by atoms with E-state index in [1.165, 1.54) is 0 Å². The van der Waals surface area contributed by atoms with Crippen molar-refractivity contribution in [3.8, 4) is 0 Å². The minimum Gasteiger partial charge on any atom is -0.481 e. The predicted octanol–water partition coefficient (Wildman–Crippen LogP) is 1.03. The number of hydrogen-bond acceptors (Lipinski definition) is 3. The van der Waals surface area contributed by atoms with Crippen molar-refractivity contribution in [1.82, 2.24) is 0 Å². The van der Waals surface area contributed by atoms with Gasteiger partial charge in [-0.1, -0.05) is 0 Å². The van der Waals surface area contributed by atoms with Gasteiger partial charge in [-0.2, -0.15) is 0 Å². The summed E-state index contributed by atoms with van der Waals surface area (Å²) in [5.74, 6) is -1.66. The van der Waals surface area contributed by atoms with Crippen LogP contribution < -0.4 is 0 Å². The largest absolute Gasteiger partial charge is 0.481 e. The van der Waals surface area contributed by atoms with Crippen LogP contribution >= 0.6 is 0 Å². The molecule has 2 N–H and O–H groups in total. The van der Waals surface area contributed by atoms with E-state index >= 15 is 0 Å². The zero-order chi connectivity index (χ0) is 10.8. The van der Waals surface area contributed by atoms with Crippen LogP contribution in [0.3, 0.4) is 0 Å². The first-order valence-corrected chi connectivity index (χ1v) is 4.97. The molecule has 0 aliphatic heterocycles. The summed E-state index contributed by atoms with van der Waals surface area (Å²) in [6.45, 7) is 1.56. The van der Waals surface area contributed by atoms with Crippen molar-refractivity contribution in [1.29, 1.82) is 0 Å². The first-order valence-electron chi connectivity index (χ1n) is 4.97. The lowest BCUT2D eigenvalue weighted by atomic mass is 9.75. The molecule has 1 saturated carbocycles. The molecule has 0 bridgehead atoms. The van der Waals surface area contributed by atoms with E-state index in [4.69, 9.17) is 9.84 Å². The van der Waals surface area contributed by atoms with E-state index in [1.807, 2.05) is 0 Å². The normalized spacial score (nSPS) is 35.2. The summed E-state index contributed by atoms with van der Waals surface area (Å²) in [6.07, 6.45) is 2.71. The SMILES string of the molecule is COC1CCCC(O)(C(C)C(=O)O)C1. The lowest BCUT2D eigenvalue weighted by Gasteiger charge is -2.38. The smallest absolute Gasteiger partial charge is 0.309 e. The second kappa shape index (κ2) is 4.28. The van der Waals surface area contributed by atoms with Gasteiger partial charge in [0.2, 0.25) is 0 Å². The van der Waals surface area contributed by atoms with Crippen LogP contribution in [0.5, 0.6) is 0 Å². The third-order valence-corrected chi connectivity index (χ3v) is 3.23. The molecule has 0 radical (unpaired) electrons. The number of carboxylic acids is 1. The Hall–Kier alpha value is -0.610. The molecule has 0 aromatic carbocycles. The first-order chi connectivity index (χ1) is 6.49. The number of methoxy groups -OCH3 is 1. The number of hydrogen-bond donors (Lipinski definition) is 2. The van der Waals surface area contributed by atoms with Crippen molar-refractivity contribution in [3.05, 3.63) is 0 Å². The van der Waals surface area contributed by atoms with Gasteiger partial charge < -0.3 is 14.9 Å². The molecule has 1 fully saturated rings. The van der Waals surface area contributed by atoms with E-state index < -0.39 is 17.5 Å². The lowest BCUT2D eigenvalue weighted by Crippen LogP contribution is -2.46. The van der Waals surface area contributed by atoms with Gasteiger partial charge in [0.15, 0.2) is 0 Å². The minimum absolute atomic E-state index is 0.00412. The molecule has 14 heavy (non-hydrogen) atoms. The summed E-state index contributed by atoms with van der Waals surface area (Å²) in [7, 11) is 1.60. The molecule has 1 aliphatic carbocycles. The van der Waals surface area contributed by atoms with Crippen molar-refractivity contribution in [2.24, 2.45) is 5.92 Å². The fraction of sp³-hybridized carbons (Fsp3) is 0.900. The molecule has 4 nitrogen and oxygen atoms in total. The Morgan fingerprint density at radius 2 is 2.29 bits per heavy atom. The Bertz CT molecular complexity index is 216. The first kappa shape index (κ1) is 11.5. The highest BCUT2D eigenvalue weighted by Crippen LogP contribution is 2.35. The van der Waals surface area contributed by atoms with E-state index in [1.54, 1.807) is 14.0 Å². The van der Waals surface area contributed by atoms with Gasteiger partial charge >= 0.3 is 5.97 Å². The van der Waals surface area contributed by atoms with Crippen LogP contribution in [0.25, 0.3) is 0 Å². The Kier molecular flexibility index (Phi) is 3.50. The van der Waals surface area contributed by atoms with Gasteiger partial charge in [-0.3, -0.25) is 4.79 Å². The summed E-state index contributed by atoms with van der Waals surface area (Å²) >= 11 is 0. The molecule has 4 heteroatoms. The minimum atomic E-state index is -1.09. The molecule has 82 valence electrons. The Labute approximate surface area is 83.9 Å². The molecule has 3 unspecified atom stereocenters. The van der Waals surface area contributed by atoms with Crippen molar-refractivity contribution in [2.45, 2.75) is 44.3 Å². The van der Waals surface area contributed by atoms with Crippen LogP contribution in [-0.4, -0.2) is 35.0 Å². The second-order valence-corrected chi connectivity index (χ2v) is 4.12. The van der Waals surface area contributed by atoms with E-state index in [0.717, 1.165) is 12.8 Å². The van der Waals surface area contributed by atoms with E-state index in [2.05, 4.69) is 0 Å². The van der Waals surface area contributed by atoms with E-state index in [-0.39, 0.29) is 6.10 Å². The monoisotopic (exact) mass is 202 g/mol. The molecule has 0 aromatic rings. The Balaban J connectivity index is 2.67. The van der Waals surface area contributed by atoms with Crippen LogP contribution in [0.4, 0.5) is 0 Å². The van der Waals surface area contributed by atoms with E-state index in [9.17, 15) is 9.90 Å². The molecule has 3 atom stereocenters. The molecular weight excluding hydrogens is 184 g/mol. The van der Waals surface area contributed by atoms with Gasteiger partial charge in [0, 0.05) is 13.5 Å². The van der Waals surface area contributed by atoms with Gasteiger partial charge in [0.05, 0.1) is 17.6 Å². The fourth-order valence-corrected chi connectivity index (χ4v) is 2.06. The van der Waals surface area contributed by atoms with E-state index in [0.29, 0.717) is 12.8 Å². The molecule has 0 saturated heterocycles. The molecule has 0 aromatic heterocycles. The summed E-state index contributed by atoms with van der Waals surface area (Å²) in [5, 5.41) is 19.0. The molecular formula is C10H18O4. The zero-order valence-corrected chi connectivity index (χ0v) is 8.69. The van der Waals surface area contributed by atoms with Gasteiger partial charge in [-0.15, -0.1) is 0 Å². The number of carbonyl (C=O) groups is 1. The standard InChI is InChI=1S/C10H18O4/c1-7(9(11)12)10(13)5-3-4-8(6-10)14-2/h7-8,13H,3-6H2,1-2H3,(H,11,12). The zero-order valence-electron chi connectivity index (χ0n) is 8.69. The lowest BCUT2D eigenvalue weighted by molar-refractivity contribution is -0.157. The molecule has 0 heterocycles. The summed E-state index contributed by atoms with van der Waals surface area (Å²) in [4.78, 5) is 10.8. The number of ether oxygens (including phenoxy) is 1.